The molecule has 188 valence electrons. The van der Waals surface area contributed by atoms with E-state index in [2.05, 4.69) is 10.6 Å². The average Bonchev–Trinajstić information content (AvgIpc) is 2.94. The minimum absolute atomic E-state index is 0.0215. The van der Waals surface area contributed by atoms with E-state index in [1.807, 2.05) is 31.2 Å². The molecule has 6 heteroatoms. The summed E-state index contributed by atoms with van der Waals surface area (Å²) in [5.74, 6) is -1.12. The first kappa shape index (κ1) is 26.3. The highest BCUT2D eigenvalue weighted by atomic mass is 35.5. The summed E-state index contributed by atoms with van der Waals surface area (Å²) in [4.78, 5) is 38.6. The number of ketones is 1. The number of anilines is 1. The maximum atomic E-state index is 13.2. The zero-order valence-electron chi connectivity index (χ0n) is 20.6. The number of aryl methyl sites for hydroxylation is 1. The van der Waals surface area contributed by atoms with Gasteiger partial charge in [-0.25, -0.2) is 0 Å². The van der Waals surface area contributed by atoms with E-state index >= 15 is 0 Å². The molecule has 0 aliphatic heterocycles. The molecule has 2 amide bonds. The molecule has 0 unspecified atom stereocenters. The monoisotopic (exact) mass is 520 g/mol. The van der Waals surface area contributed by atoms with E-state index in [9.17, 15) is 14.4 Å². The number of rotatable bonds is 8. The Kier molecular flexibility index (Phi) is 8.65. The molecule has 0 bridgehead atoms. The minimum Gasteiger partial charge on any atom is -0.321 e. The summed E-state index contributed by atoms with van der Waals surface area (Å²) in [6, 6.07) is 30.0. The quantitative estimate of drug-likeness (QED) is 0.195. The summed E-state index contributed by atoms with van der Waals surface area (Å²) in [5.41, 5.74) is 4.01. The van der Waals surface area contributed by atoms with Gasteiger partial charge < -0.3 is 10.6 Å². The fraction of sp³-hybridized carbons (Fsp3) is 0.0312. The van der Waals surface area contributed by atoms with Gasteiger partial charge in [0.1, 0.15) is 5.70 Å². The van der Waals surface area contributed by atoms with Crippen molar-refractivity contribution in [3.05, 3.63) is 148 Å². The van der Waals surface area contributed by atoms with E-state index < -0.39 is 11.8 Å². The van der Waals surface area contributed by atoms with Crippen molar-refractivity contribution < 1.29 is 14.4 Å². The van der Waals surface area contributed by atoms with Gasteiger partial charge in [0, 0.05) is 21.8 Å². The van der Waals surface area contributed by atoms with Crippen molar-refractivity contribution in [2.45, 2.75) is 6.92 Å². The summed E-state index contributed by atoms with van der Waals surface area (Å²) >= 11 is 6.28. The van der Waals surface area contributed by atoms with Gasteiger partial charge in [-0.05, 0) is 78.2 Å². The van der Waals surface area contributed by atoms with Crippen LogP contribution in [0.4, 0.5) is 5.69 Å². The van der Waals surface area contributed by atoms with E-state index in [-0.39, 0.29) is 11.5 Å². The number of hydrogen-bond donors (Lipinski definition) is 2. The molecule has 0 fully saturated rings. The van der Waals surface area contributed by atoms with Gasteiger partial charge in [0.15, 0.2) is 5.78 Å². The third kappa shape index (κ3) is 6.93. The molecule has 4 aromatic carbocycles. The van der Waals surface area contributed by atoms with Crippen molar-refractivity contribution in [3.8, 4) is 0 Å². The molecule has 0 aliphatic carbocycles. The summed E-state index contributed by atoms with van der Waals surface area (Å²) in [6.07, 6.45) is 4.83. The van der Waals surface area contributed by atoms with Crippen molar-refractivity contribution in [3.63, 3.8) is 0 Å². The van der Waals surface area contributed by atoms with Crippen LogP contribution in [-0.2, 0) is 4.79 Å². The molecule has 5 nitrogen and oxygen atoms in total. The summed E-state index contributed by atoms with van der Waals surface area (Å²) in [5, 5.41) is 5.90. The fourth-order valence-electron chi connectivity index (χ4n) is 3.64. The molecule has 0 saturated heterocycles. The Morgan fingerprint density at radius 3 is 2.03 bits per heavy atom. The van der Waals surface area contributed by atoms with Crippen molar-refractivity contribution >= 4 is 47.0 Å². The highest BCUT2D eigenvalue weighted by Gasteiger charge is 2.16. The predicted octanol–water partition coefficient (Wildman–Crippen LogP) is 6.95. The van der Waals surface area contributed by atoms with E-state index in [4.69, 9.17) is 11.6 Å². The molecule has 0 saturated carbocycles. The third-order valence-electron chi connectivity index (χ3n) is 5.76. The van der Waals surface area contributed by atoms with Gasteiger partial charge in [-0.15, -0.1) is 0 Å². The second-order valence-corrected chi connectivity index (χ2v) is 8.89. The first-order valence-electron chi connectivity index (χ1n) is 11.9. The Morgan fingerprint density at radius 2 is 1.34 bits per heavy atom. The number of allylic oxidation sites excluding steroid dienone is 1. The van der Waals surface area contributed by atoms with Gasteiger partial charge in [-0.1, -0.05) is 78.3 Å². The first-order valence-corrected chi connectivity index (χ1v) is 12.3. The molecule has 38 heavy (non-hydrogen) atoms. The van der Waals surface area contributed by atoms with Crippen LogP contribution in [0.3, 0.4) is 0 Å². The van der Waals surface area contributed by atoms with Crippen LogP contribution in [0, 0.1) is 6.92 Å². The molecule has 0 aromatic heterocycles. The molecule has 0 atom stereocenters. The van der Waals surface area contributed by atoms with E-state index in [0.29, 0.717) is 27.4 Å². The summed E-state index contributed by atoms with van der Waals surface area (Å²) < 4.78 is 0. The first-order chi connectivity index (χ1) is 18.4. The smallest absolute Gasteiger partial charge is 0.272 e. The molecule has 4 rings (SSSR count). The maximum absolute atomic E-state index is 13.2. The molecular formula is C32H25ClN2O3. The van der Waals surface area contributed by atoms with E-state index in [0.717, 1.165) is 11.1 Å². The van der Waals surface area contributed by atoms with Gasteiger partial charge in [-0.2, -0.15) is 0 Å². The van der Waals surface area contributed by atoms with Crippen LogP contribution in [0.1, 0.15) is 37.4 Å². The van der Waals surface area contributed by atoms with Gasteiger partial charge in [0.25, 0.3) is 11.8 Å². The number of carbonyl (C=O) groups is 3. The number of nitrogens with one attached hydrogen (secondary N) is 2. The van der Waals surface area contributed by atoms with Crippen LogP contribution >= 0.6 is 11.6 Å². The maximum Gasteiger partial charge on any atom is 0.272 e. The number of halogens is 1. The standard InChI is InChI=1S/C32H25ClN2O3/c1-22-9-5-6-10-23(22)17-20-30(36)24-15-18-27(19-16-24)34-32(38)29(21-26-13-7-8-14-28(26)33)35-31(37)25-11-3-2-4-12-25/h2-21H,1H3,(H,34,38)(H,35,37)/b20-17+,29-21-. The molecule has 0 spiro atoms. The second-order valence-electron chi connectivity index (χ2n) is 8.49. The van der Waals surface area contributed by atoms with Gasteiger partial charge in [0.05, 0.1) is 0 Å². The van der Waals surface area contributed by atoms with Crippen molar-refractivity contribution in [2.75, 3.05) is 5.32 Å². The normalized spacial score (nSPS) is 11.3. The Balaban J connectivity index is 1.51. The number of hydrogen-bond acceptors (Lipinski definition) is 3. The molecule has 2 N–H and O–H groups in total. The molecule has 0 heterocycles. The van der Waals surface area contributed by atoms with Crippen LogP contribution in [0.15, 0.2) is 115 Å². The summed E-state index contributed by atoms with van der Waals surface area (Å²) in [7, 11) is 0. The minimum atomic E-state index is -0.535. The third-order valence-corrected chi connectivity index (χ3v) is 6.11. The lowest BCUT2D eigenvalue weighted by Crippen LogP contribution is -2.30. The lowest BCUT2D eigenvalue weighted by molar-refractivity contribution is -0.113. The van der Waals surface area contributed by atoms with Crippen LogP contribution in [-0.4, -0.2) is 17.6 Å². The topological polar surface area (TPSA) is 75.3 Å². The molecule has 0 aliphatic rings. The lowest BCUT2D eigenvalue weighted by atomic mass is 10.1. The zero-order valence-corrected chi connectivity index (χ0v) is 21.4. The molecule has 0 radical (unpaired) electrons. The number of benzene rings is 4. The predicted molar refractivity (Wildman–Crippen MR) is 153 cm³/mol. The van der Waals surface area contributed by atoms with E-state index in [1.165, 1.54) is 12.2 Å². The Labute approximate surface area is 226 Å². The van der Waals surface area contributed by atoms with Gasteiger partial charge in [0.2, 0.25) is 0 Å². The highest BCUT2D eigenvalue weighted by Crippen LogP contribution is 2.19. The van der Waals surface area contributed by atoms with Crippen LogP contribution in [0.25, 0.3) is 12.2 Å². The highest BCUT2D eigenvalue weighted by molar-refractivity contribution is 6.32. The number of carbonyl (C=O) groups excluding carboxylic acids is 3. The Hall–Kier alpha value is -4.74. The van der Waals surface area contributed by atoms with Crippen molar-refractivity contribution in [1.82, 2.24) is 5.32 Å². The van der Waals surface area contributed by atoms with Crippen LogP contribution in [0.2, 0.25) is 5.02 Å². The van der Waals surface area contributed by atoms with Gasteiger partial charge in [-0.3, -0.25) is 14.4 Å². The fourth-order valence-corrected chi connectivity index (χ4v) is 3.83. The zero-order chi connectivity index (χ0) is 26.9. The molecular weight excluding hydrogens is 496 g/mol. The number of amides is 2. The van der Waals surface area contributed by atoms with Crippen LogP contribution in [0.5, 0.6) is 0 Å². The Bertz CT molecular complexity index is 1520. The molecule has 4 aromatic rings. The summed E-state index contributed by atoms with van der Waals surface area (Å²) in [6.45, 7) is 1.98. The second kappa shape index (κ2) is 12.5. The van der Waals surface area contributed by atoms with Crippen molar-refractivity contribution in [2.24, 2.45) is 0 Å². The SMILES string of the molecule is Cc1ccccc1/C=C/C(=O)c1ccc(NC(=O)/C(=C/c2ccccc2Cl)NC(=O)c2ccccc2)cc1. The average molecular weight is 521 g/mol. The van der Waals surface area contributed by atoms with Crippen molar-refractivity contribution in [1.29, 1.82) is 0 Å². The Morgan fingerprint density at radius 1 is 0.711 bits per heavy atom. The largest absolute Gasteiger partial charge is 0.321 e. The van der Waals surface area contributed by atoms with Crippen LogP contribution < -0.4 is 10.6 Å². The van der Waals surface area contributed by atoms with Gasteiger partial charge >= 0.3 is 0 Å². The lowest BCUT2D eigenvalue weighted by Gasteiger charge is -2.12. The van der Waals surface area contributed by atoms with E-state index in [1.54, 1.807) is 84.9 Å².